The first kappa shape index (κ1) is 16.2. The molecule has 0 aromatic carbocycles. The van der Waals surface area contributed by atoms with Crippen molar-refractivity contribution in [2.75, 3.05) is 20.1 Å². The van der Waals surface area contributed by atoms with Crippen LogP contribution in [0.5, 0.6) is 0 Å². The lowest BCUT2D eigenvalue weighted by Gasteiger charge is -2.20. The molecule has 0 atom stereocenters. The Kier molecular flexibility index (Phi) is 6.55. The van der Waals surface area contributed by atoms with E-state index in [0.29, 0.717) is 18.2 Å². The van der Waals surface area contributed by atoms with Gasteiger partial charge in [0, 0.05) is 12.6 Å². The van der Waals surface area contributed by atoms with Crippen LogP contribution in [0.2, 0.25) is 10.3 Å². The lowest BCUT2D eigenvalue weighted by atomic mass is 10.2. The zero-order valence-corrected chi connectivity index (χ0v) is 12.9. The van der Waals surface area contributed by atoms with Crippen molar-refractivity contribution in [2.45, 2.75) is 26.3 Å². The van der Waals surface area contributed by atoms with Crippen LogP contribution in [0.1, 0.15) is 30.6 Å². The Bertz CT molecular complexity index is 438. The largest absolute Gasteiger partial charge is 0.352 e. The molecule has 0 aliphatic heterocycles. The van der Waals surface area contributed by atoms with Crippen LogP contribution in [-0.2, 0) is 0 Å². The van der Waals surface area contributed by atoms with Gasteiger partial charge in [0.15, 0.2) is 0 Å². The summed E-state index contributed by atoms with van der Waals surface area (Å²) < 4.78 is 0. The van der Waals surface area contributed by atoms with Gasteiger partial charge in [0.05, 0.1) is 5.56 Å². The van der Waals surface area contributed by atoms with Crippen LogP contribution in [0.25, 0.3) is 0 Å². The normalized spacial score (nSPS) is 11.1. The lowest BCUT2D eigenvalue weighted by Crippen LogP contribution is -2.31. The second kappa shape index (κ2) is 7.68. The summed E-state index contributed by atoms with van der Waals surface area (Å²) >= 11 is 11.5. The fraction of sp³-hybridized carbons (Fsp3) is 0.538. The fourth-order valence-electron chi connectivity index (χ4n) is 1.47. The number of nitrogens with one attached hydrogen (secondary N) is 1. The van der Waals surface area contributed by atoms with Gasteiger partial charge in [-0.2, -0.15) is 0 Å². The fourth-order valence-corrected chi connectivity index (χ4v) is 1.90. The molecular weight excluding hydrogens is 285 g/mol. The first-order valence-corrected chi connectivity index (χ1v) is 6.98. The van der Waals surface area contributed by atoms with Crippen LogP contribution >= 0.6 is 23.2 Å². The number of amides is 1. The number of hydrogen-bond donors (Lipinski definition) is 1. The number of aromatic nitrogens is 1. The first-order valence-electron chi connectivity index (χ1n) is 6.22. The quantitative estimate of drug-likeness (QED) is 0.649. The maximum atomic E-state index is 11.9. The van der Waals surface area contributed by atoms with Gasteiger partial charge < -0.3 is 10.2 Å². The third-order valence-corrected chi connectivity index (χ3v) is 3.41. The van der Waals surface area contributed by atoms with Crippen LogP contribution in [0.3, 0.4) is 0 Å². The molecule has 1 heterocycles. The van der Waals surface area contributed by atoms with E-state index in [1.54, 1.807) is 12.1 Å². The molecule has 0 spiro atoms. The molecule has 1 N–H and O–H groups in total. The molecule has 6 heteroatoms. The predicted molar refractivity (Wildman–Crippen MR) is 79.0 cm³/mol. The minimum atomic E-state index is -0.221. The molecule has 0 aliphatic carbocycles. The number of carbonyl (C=O) groups excluding carboxylic acids is 1. The van der Waals surface area contributed by atoms with E-state index in [4.69, 9.17) is 23.2 Å². The molecule has 4 nitrogen and oxygen atoms in total. The second-order valence-corrected chi connectivity index (χ2v) is 5.40. The summed E-state index contributed by atoms with van der Waals surface area (Å²) in [5.41, 5.74) is 0.350. The van der Waals surface area contributed by atoms with Crippen molar-refractivity contribution in [1.29, 1.82) is 0 Å². The molecule has 0 unspecified atom stereocenters. The molecular formula is C13H19Cl2N3O. The summed E-state index contributed by atoms with van der Waals surface area (Å²) in [6.07, 6.45) is 0.888. The van der Waals surface area contributed by atoms with E-state index in [0.717, 1.165) is 13.0 Å². The average Bonchev–Trinajstić information content (AvgIpc) is 2.33. The highest BCUT2D eigenvalue weighted by Crippen LogP contribution is 2.16. The maximum absolute atomic E-state index is 11.9. The number of rotatable bonds is 6. The smallest absolute Gasteiger partial charge is 0.254 e. The molecule has 1 amide bonds. The Morgan fingerprint density at radius 1 is 1.42 bits per heavy atom. The van der Waals surface area contributed by atoms with Crippen LogP contribution < -0.4 is 5.32 Å². The molecule has 0 fully saturated rings. The van der Waals surface area contributed by atoms with Crippen LogP contribution in [0, 0.1) is 0 Å². The maximum Gasteiger partial charge on any atom is 0.254 e. The predicted octanol–water partition coefficient (Wildman–Crippen LogP) is 2.85. The Labute approximate surface area is 124 Å². The third kappa shape index (κ3) is 5.35. The van der Waals surface area contributed by atoms with Gasteiger partial charge in [-0.05, 0) is 46.0 Å². The molecule has 1 aromatic heterocycles. The summed E-state index contributed by atoms with van der Waals surface area (Å²) in [6.45, 7) is 5.81. The summed E-state index contributed by atoms with van der Waals surface area (Å²) in [4.78, 5) is 17.9. The zero-order chi connectivity index (χ0) is 14.4. The minimum absolute atomic E-state index is 0.129. The van der Waals surface area contributed by atoms with Gasteiger partial charge >= 0.3 is 0 Å². The number of pyridine rings is 1. The average molecular weight is 304 g/mol. The standard InChI is InChI=1S/C13H19Cl2N3O/c1-9(2)18(3)8-4-7-16-13(19)10-5-6-11(14)17-12(10)15/h5-6,9H,4,7-8H2,1-3H3,(H,16,19). The summed E-state index contributed by atoms with van der Waals surface area (Å²) in [5, 5.41) is 3.23. The number of halogens is 2. The number of hydrogen-bond acceptors (Lipinski definition) is 3. The van der Waals surface area contributed by atoms with E-state index in [-0.39, 0.29) is 16.2 Å². The van der Waals surface area contributed by atoms with Crippen LogP contribution in [0.4, 0.5) is 0 Å². The van der Waals surface area contributed by atoms with Crippen molar-refractivity contribution in [2.24, 2.45) is 0 Å². The highest BCUT2D eigenvalue weighted by atomic mass is 35.5. The van der Waals surface area contributed by atoms with E-state index < -0.39 is 0 Å². The van der Waals surface area contributed by atoms with Crippen molar-refractivity contribution in [3.05, 3.63) is 28.0 Å². The van der Waals surface area contributed by atoms with Crippen molar-refractivity contribution < 1.29 is 4.79 Å². The van der Waals surface area contributed by atoms with Crippen LogP contribution in [-0.4, -0.2) is 42.0 Å². The van der Waals surface area contributed by atoms with Crippen LogP contribution in [0.15, 0.2) is 12.1 Å². The van der Waals surface area contributed by atoms with Gasteiger partial charge in [-0.3, -0.25) is 4.79 Å². The van der Waals surface area contributed by atoms with Crippen molar-refractivity contribution >= 4 is 29.1 Å². The van der Waals surface area contributed by atoms with Crippen molar-refractivity contribution in [3.63, 3.8) is 0 Å². The number of carbonyl (C=O) groups is 1. The molecule has 19 heavy (non-hydrogen) atoms. The summed E-state index contributed by atoms with van der Waals surface area (Å²) in [6, 6.07) is 3.63. The van der Waals surface area contributed by atoms with Gasteiger partial charge in [-0.1, -0.05) is 23.2 Å². The van der Waals surface area contributed by atoms with Gasteiger partial charge in [-0.25, -0.2) is 4.98 Å². The molecule has 1 rings (SSSR count). The van der Waals surface area contributed by atoms with E-state index in [1.807, 2.05) is 0 Å². The molecule has 0 aliphatic rings. The minimum Gasteiger partial charge on any atom is -0.352 e. The van der Waals surface area contributed by atoms with E-state index in [9.17, 15) is 4.79 Å². The van der Waals surface area contributed by atoms with Gasteiger partial charge in [-0.15, -0.1) is 0 Å². The molecule has 1 aromatic rings. The highest BCUT2D eigenvalue weighted by molar-refractivity contribution is 6.34. The Morgan fingerprint density at radius 3 is 2.68 bits per heavy atom. The zero-order valence-electron chi connectivity index (χ0n) is 11.4. The SMILES string of the molecule is CC(C)N(C)CCCNC(=O)c1ccc(Cl)nc1Cl. The van der Waals surface area contributed by atoms with E-state index >= 15 is 0 Å². The summed E-state index contributed by atoms with van der Waals surface area (Å²) in [5.74, 6) is -0.221. The lowest BCUT2D eigenvalue weighted by molar-refractivity contribution is 0.0951. The third-order valence-electron chi connectivity index (χ3n) is 2.91. The molecule has 0 saturated heterocycles. The Hall–Kier alpha value is -0.840. The molecule has 0 radical (unpaired) electrons. The Balaban J connectivity index is 2.39. The summed E-state index contributed by atoms with van der Waals surface area (Å²) in [7, 11) is 2.06. The number of nitrogens with zero attached hydrogens (tertiary/aromatic N) is 2. The topological polar surface area (TPSA) is 45.2 Å². The van der Waals surface area contributed by atoms with Crippen molar-refractivity contribution in [3.8, 4) is 0 Å². The molecule has 0 bridgehead atoms. The Morgan fingerprint density at radius 2 is 2.11 bits per heavy atom. The van der Waals surface area contributed by atoms with Gasteiger partial charge in [0.1, 0.15) is 10.3 Å². The molecule has 106 valence electrons. The van der Waals surface area contributed by atoms with E-state index in [1.165, 1.54) is 0 Å². The first-order chi connectivity index (χ1) is 8.91. The van der Waals surface area contributed by atoms with Crippen molar-refractivity contribution in [1.82, 2.24) is 15.2 Å². The second-order valence-electron chi connectivity index (χ2n) is 4.66. The van der Waals surface area contributed by atoms with Gasteiger partial charge in [0.25, 0.3) is 5.91 Å². The highest BCUT2D eigenvalue weighted by Gasteiger charge is 2.11. The van der Waals surface area contributed by atoms with Gasteiger partial charge in [0.2, 0.25) is 0 Å². The van der Waals surface area contributed by atoms with E-state index in [2.05, 4.69) is 36.1 Å². The monoisotopic (exact) mass is 303 g/mol. The molecule has 0 saturated carbocycles.